The fourth-order valence-electron chi connectivity index (χ4n) is 4.36. The summed E-state index contributed by atoms with van der Waals surface area (Å²) in [5.41, 5.74) is 0.863. The monoisotopic (exact) mass is 467 g/mol. The van der Waals surface area contributed by atoms with E-state index in [-0.39, 0.29) is 11.6 Å². The van der Waals surface area contributed by atoms with E-state index in [2.05, 4.69) is 22.1 Å². The zero-order valence-corrected chi connectivity index (χ0v) is 19.9. The number of methoxy groups -OCH3 is 1. The van der Waals surface area contributed by atoms with E-state index >= 15 is 0 Å². The number of hydrogen-bond acceptors (Lipinski definition) is 5. The van der Waals surface area contributed by atoms with Crippen molar-refractivity contribution in [1.29, 1.82) is 0 Å². The highest BCUT2D eigenvalue weighted by Crippen LogP contribution is 2.29. The topological polar surface area (TPSA) is 48.8 Å². The first-order valence-electron chi connectivity index (χ1n) is 12.0. The lowest BCUT2D eigenvalue weighted by Gasteiger charge is -2.31. The molecule has 2 heterocycles. The van der Waals surface area contributed by atoms with Crippen LogP contribution in [0.5, 0.6) is 11.5 Å². The Kier molecular flexibility index (Phi) is 8.55. The third kappa shape index (κ3) is 6.81. The largest absolute Gasteiger partial charge is 0.494 e. The number of hydrogen-bond donors (Lipinski definition) is 0. The normalized spacial score (nSPS) is 19.0. The van der Waals surface area contributed by atoms with Crippen LogP contribution in [0.15, 0.2) is 67.0 Å². The van der Waals surface area contributed by atoms with E-state index in [0.29, 0.717) is 13.2 Å². The Balaban J connectivity index is 1.23. The van der Waals surface area contributed by atoms with Gasteiger partial charge in [-0.1, -0.05) is 24.3 Å². The van der Waals surface area contributed by atoms with Gasteiger partial charge >= 0.3 is 0 Å². The summed E-state index contributed by atoms with van der Waals surface area (Å²) in [4.78, 5) is 2.45. The van der Waals surface area contributed by atoms with E-state index < -0.39 is 5.60 Å². The van der Waals surface area contributed by atoms with Crippen LogP contribution >= 0.6 is 0 Å². The summed E-state index contributed by atoms with van der Waals surface area (Å²) in [6.07, 6.45) is 7.41. The Labute approximate surface area is 201 Å². The quantitative estimate of drug-likeness (QED) is 0.374. The van der Waals surface area contributed by atoms with Gasteiger partial charge in [-0.3, -0.25) is 9.58 Å². The van der Waals surface area contributed by atoms with Crippen LogP contribution in [-0.4, -0.2) is 53.7 Å². The van der Waals surface area contributed by atoms with Gasteiger partial charge in [-0.05, 0) is 61.7 Å². The number of aryl methyl sites for hydroxylation is 1. The molecule has 1 aliphatic rings. The summed E-state index contributed by atoms with van der Waals surface area (Å²) in [5, 5.41) is 4.20. The molecule has 1 fully saturated rings. The molecule has 0 bridgehead atoms. The Bertz CT molecular complexity index is 997. The maximum Gasteiger partial charge on any atom is 0.165 e. The predicted molar refractivity (Wildman–Crippen MR) is 130 cm³/mol. The van der Waals surface area contributed by atoms with Gasteiger partial charge < -0.3 is 14.2 Å². The van der Waals surface area contributed by atoms with Crippen molar-refractivity contribution in [2.75, 3.05) is 33.4 Å². The number of rotatable bonds is 11. The predicted octanol–water partition coefficient (Wildman–Crippen LogP) is 4.94. The highest BCUT2D eigenvalue weighted by atomic mass is 19.1. The molecule has 1 aliphatic heterocycles. The number of para-hydroxylation sites is 1. The smallest absolute Gasteiger partial charge is 0.165 e. The number of halogens is 1. The first-order valence-corrected chi connectivity index (χ1v) is 12.0. The van der Waals surface area contributed by atoms with Gasteiger partial charge in [0.25, 0.3) is 0 Å². The average molecular weight is 468 g/mol. The summed E-state index contributed by atoms with van der Waals surface area (Å²) in [5.74, 6) is 0.835. The maximum atomic E-state index is 13.9. The van der Waals surface area contributed by atoms with Crippen molar-refractivity contribution in [2.24, 2.45) is 0 Å². The summed E-state index contributed by atoms with van der Waals surface area (Å²) >= 11 is 0. The van der Waals surface area contributed by atoms with Gasteiger partial charge in [-0.2, -0.15) is 5.10 Å². The van der Waals surface area contributed by atoms with Crippen molar-refractivity contribution in [1.82, 2.24) is 14.7 Å². The van der Waals surface area contributed by atoms with Crippen LogP contribution in [0.25, 0.3) is 0 Å². The lowest BCUT2D eigenvalue weighted by molar-refractivity contribution is -0.0548. The molecule has 34 heavy (non-hydrogen) atoms. The van der Waals surface area contributed by atoms with Crippen LogP contribution in [0.1, 0.15) is 31.2 Å². The number of ether oxygens (including phenoxy) is 3. The van der Waals surface area contributed by atoms with Crippen molar-refractivity contribution >= 4 is 0 Å². The van der Waals surface area contributed by atoms with E-state index in [1.165, 1.54) is 11.6 Å². The molecule has 1 aromatic heterocycles. The Morgan fingerprint density at radius 3 is 2.62 bits per heavy atom. The molecule has 0 radical (unpaired) electrons. The number of benzene rings is 2. The van der Waals surface area contributed by atoms with E-state index in [1.54, 1.807) is 31.5 Å². The minimum Gasteiger partial charge on any atom is -0.494 e. The third-order valence-electron chi connectivity index (χ3n) is 6.44. The zero-order chi connectivity index (χ0) is 23.6. The van der Waals surface area contributed by atoms with Gasteiger partial charge in [-0.25, -0.2) is 4.39 Å². The minimum atomic E-state index is -0.398. The molecule has 0 aliphatic carbocycles. The molecule has 0 saturated carbocycles. The van der Waals surface area contributed by atoms with Crippen molar-refractivity contribution in [3.8, 4) is 11.5 Å². The van der Waals surface area contributed by atoms with Gasteiger partial charge in [-0.15, -0.1) is 0 Å². The molecule has 1 atom stereocenters. The first-order chi connectivity index (χ1) is 16.7. The van der Waals surface area contributed by atoms with Gasteiger partial charge in [0.15, 0.2) is 11.6 Å². The summed E-state index contributed by atoms with van der Waals surface area (Å²) in [6, 6.07) is 16.8. The van der Waals surface area contributed by atoms with E-state index in [9.17, 15) is 4.39 Å². The lowest BCUT2D eigenvalue weighted by Crippen LogP contribution is -2.39. The lowest BCUT2D eigenvalue weighted by atomic mass is 9.95. The molecular weight excluding hydrogens is 433 g/mol. The molecule has 1 saturated heterocycles. The molecule has 182 valence electrons. The molecule has 7 heteroatoms. The number of nitrogens with zero attached hydrogens (tertiary/aromatic N) is 3. The second-order valence-electron chi connectivity index (χ2n) is 8.85. The molecule has 0 unspecified atom stereocenters. The number of aromatic nitrogens is 2. The SMILES string of the molecule is CO[C@]1(COc2ccccc2F)CCCN(Cc2ccc(OCCCn3cccn3)cc2)CC1. The van der Waals surface area contributed by atoms with Crippen LogP contribution in [-0.2, 0) is 17.8 Å². The fourth-order valence-corrected chi connectivity index (χ4v) is 4.36. The summed E-state index contributed by atoms with van der Waals surface area (Å²) in [7, 11) is 1.73. The molecule has 2 aromatic carbocycles. The van der Waals surface area contributed by atoms with Crippen molar-refractivity contribution in [3.05, 3.63) is 78.4 Å². The molecule has 6 nitrogen and oxygen atoms in total. The average Bonchev–Trinajstić information content (AvgIpc) is 3.30. The van der Waals surface area contributed by atoms with Crippen molar-refractivity contribution in [3.63, 3.8) is 0 Å². The van der Waals surface area contributed by atoms with E-state index in [0.717, 1.165) is 57.6 Å². The maximum absolute atomic E-state index is 13.9. The number of likely N-dealkylation sites (tertiary alicyclic amines) is 1. The van der Waals surface area contributed by atoms with Gasteiger partial charge in [0.05, 0.1) is 6.61 Å². The van der Waals surface area contributed by atoms with Crippen LogP contribution in [0.3, 0.4) is 0 Å². The minimum absolute atomic E-state index is 0.281. The van der Waals surface area contributed by atoms with E-state index in [1.807, 2.05) is 29.1 Å². The zero-order valence-electron chi connectivity index (χ0n) is 19.9. The molecule has 0 amide bonds. The Morgan fingerprint density at radius 1 is 1.00 bits per heavy atom. The van der Waals surface area contributed by atoms with Gasteiger partial charge in [0.1, 0.15) is 18.0 Å². The van der Waals surface area contributed by atoms with E-state index in [4.69, 9.17) is 14.2 Å². The molecular formula is C27H34FN3O3. The molecule has 3 aromatic rings. The van der Waals surface area contributed by atoms with Crippen molar-refractivity contribution in [2.45, 2.75) is 44.4 Å². The Hall–Kier alpha value is -2.90. The Morgan fingerprint density at radius 2 is 1.85 bits per heavy atom. The van der Waals surface area contributed by atoms with Crippen LogP contribution < -0.4 is 9.47 Å². The second kappa shape index (κ2) is 12.0. The molecule has 0 N–H and O–H groups in total. The van der Waals surface area contributed by atoms with Gasteiger partial charge in [0.2, 0.25) is 0 Å². The summed E-state index contributed by atoms with van der Waals surface area (Å²) in [6.45, 7) is 4.66. The highest BCUT2D eigenvalue weighted by Gasteiger charge is 2.33. The summed E-state index contributed by atoms with van der Waals surface area (Å²) < 4.78 is 33.5. The third-order valence-corrected chi connectivity index (χ3v) is 6.44. The first kappa shape index (κ1) is 24.2. The van der Waals surface area contributed by atoms with Crippen molar-refractivity contribution < 1.29 is 18.6 Å². The highest BCUT2D eigenvalue weighted by molar-refractivity contribution is 5.27. The van der Waals surface area contributed by atoms with Crippen LogP contribution in [0.2, 0.25) is 0 Å². The van der Waals surface area contributed by atoms with Crippen LogP contribution in [0.4, 0.5) is 4.39 Å². The second-order valence-corrected chi connectivity index (χ2v) is 8.85. The van der Waals surface area contributed by atoms with Gasteiger partial charge in [0, 0.05) is 45.6 Å². The standard InChI is InChI=1S/C27H34FN3O3/c1-32-27(22-34-26-8-3-2-7-25(26)28)13-4-16-30(19-14-27)21-23-9-11-24(12-10-23)33-20-6-18-31-17-5-15-29-31/h2-3,5,7-12,15,17H,4,6,13-14,16,18-22H2,1H3/t27-/m1/s1. The van der Waals surface area contributed by atoms with Crippen LogP contribution in [0, 0.1) is 5.82 Å². The molecule has 0 spiro atoms. The fraction of sp³-hybridized carbons (Fsp3) is 0.444. The molecule has 4 rings (SSSR count).